The summed E-state index contributed by atoms with van der Waals surface area (Å²) in [5, 5.41) is 4.07. The summed E-state index contributed by atoms with van der Waals surface area (Å²) in [4.78, 5) is 11.1. The van der Waals surface area contributed by atoms with E-state index in [0.717, 1.165) is 17.4 Å². The van der Waals surface area contributed by atoms with Gasteiger partial charge in [0.15, 0.2) is 6.29 Å². The van der Waals surface area contributed by atoms with Crippen LogP contribution in [-0.2, 0) is 0 Å². The Balaban J connectivity index is 2.54. The SMILES string of the molecule is CC(C)Oc1c(C=O)cccc1-c1ccsc1. The summed E-state index contributed by atoms with van der Waals surface area (Å²) < 4.78 is 5.76. The van der Waals surface area contributed by atoms with Gasteiger partial charge in [0.2, 0.25) is 0 Å². The first-order valence-corrected chi connectivity index (χ1v) is 6.44. The third-order valence-electron chi connectivity index (χ3n) is 2.36. The molecule has 0 amide bonds. The molecule has 1 aromatic carbocycles. The number of hydrogen-bond donors (Lipinski definition) is 0. The van der Waals surface area contributed by atoms with Gasteiger partial charge in [-0.25, -0.2) is 0 Å². The smallest absolute Gasteiger partial charge is 0.153 e. The van der Waals surface area contributed by atoms with Crippen LogP contribution in [0.5, 0.6) is 5.75 Å². The lowest BCUT2D eigenvalue weighted by molar-refractivity contribution is 0.111. The van der Waals surface area contributed by atoms with Crippen LogP contribution in [-0.4, -0.2) is 12.4 Å². The summed E-state index contributed by atoms with van der Waals surface area (Å²) >= 11 is 1.63. The lowest BCUT2D eigenvalue weighted by atomic mass is 10.0. The molecule has 3 heteroatoms. The molecule has 0 N–H and O–H groups in total. The predicted molar refractivity (Wildman–Crippen MR) is 70.9 cm³/mol. The Bertz CT molecular complexity index is 501. The summed E-state index contributed by atoms with van der Waals surface area (Å²) in [6, 6.07) is 7.67. The van der Waals surface area contributed by atoms with Crippen LogP contribution in [0.3, 0.4) is 0 Å². The zero-order valence-corrected chi connectivity index (χ0v) is 10.7. The molecule has 0 bridgehead atoms. The lowest BCUT2D eigenvalue weighted by Gasteiger charge is -2.15. The second-order valence-electron chi connectivity index (χ2n) is 4.02. The van der Waals surface area contributed by atoms with Crippen molar-refractivity contribution < 1.29 is 9.53 Å². The molecule has 0 saturated carbocycles. The van der Waals surface area contributed by atoms with Gasteiger partial charge in [0.25, 0.3) is 0 Å². The van der Waals surface area contributed by atoms with Crippen molar-refractivity contribution in [3.63, 3.8) is 0 Å². The highest BCUT2D eigenvalue weighted by Crippen LogP contribution is 2.34. The Hall–Kier alpha value is -1.61. The molecule has 0 aliphatic carbocycles. The normalized spacial score (nSPS) is 10.5. The first kappa shape index (κ1) is 11.9. The molecule has 0 atom stereocenters. The Morgan fingerprint density at radius 1 is 1.29 bits per heavy atom. The van der Waals surface area contributed by atoms with Gasteiger partial charge in [0, 0.05) is 5.56 Å². The Morgan fingerprint density at radius 2 is 2.12 bits per heavy atom. The van der Waals surface area contributed by atoms with Crippen LogP contribution < -0.4 is 4.74 Å². The zero-order chi connectivity index (χ0) is 12.3. The second kappa shape index (κ2) is 5.15. The average Bonchev–Trinajstić information content (AvgIpc) is 2.82. The van der Waals surface area contributed by atoms with Crippen molar-refractivity contribution in [2.24, 2.45) is 0 Å². The molecule has 0 spiro atoms. The van der Waals surface area contributed by atoms with E-state index in [9.17, 15) is 4.79 Å². The number of para-hydroxylation sites is 1. The summed E-state index contributed by atoms with van der Waals surface area (Å²) in [6.45, 7) is 3.91. The third kappa shape index (κ3) is 2.56. The van der Waals surface area contributed by atoms with Gasteiger partial charge in [-0.3, -0.25) is 4.79 Å². The fourth-order valence-electron chi connectivity index (χ4n) is 1.66. The number of aldehydes is 1. The second-order valence-corrected chi connectivity index (χ2v) is 4.80. The van der Waals surface area contributed by atoms with Crippen LogP contribution in [0.2, 0.25) is 0 Å². The molecule has 1 aromatic heterocycles. The number of carbonyl (C=O) groups is 1. The number of rotatable bonds is 4. The number of hydrogen-bond acceptors (Lipinski definition) is 3. The standard InChI is InChI=1S/C14H14O2S/c1-10(2)16-14-11(8-15)4-3-5-13(14)12-6-7-17-9-12/h3-10H,1-2H3. The van der Waals surface area contributed by atoms with E-state index < -0.39 is 0 Å². The van der Waals surface area contributed by atoms with E-state index in [2.05, 4.69) is 5.38 Å². The molecule has 17 heavy (non-hydrogen) atoms. The fraction of sp³-hybridized carbons (Fsp3) is 0.214. The monoisotopic (exact) mass is 246 g/mol. The van der Waals surface area contributed by atoms with Crippen molar-refractivity contribution in [2.75, 3.05) is 0 Å². The molecule has 2 nitrogen and oxygen atoms in total. The topological polar surface area (TPSA) is 26.3 Å². The molecule has 0 saturated heterocycles. The fourth-order valence-corrected chi connectivity index (χ4v) is 2.32. The predicted octanol–water partition coefficient (Wildman–Crippen LogP) is 4.01. The number of ether oxygens (including phenoxy) is 1. The van der Waals surface area contributed by atoms with E-state index in [4.69, 9.17) is 4.74 Å². The van der Waals surface area contributed by atoms with Crippen molar-refractivity contribution in [3.05, 3.63) is 40.6 Å². The lowest BCUT2D eigenvalue weighted by Crippen LogP contribution is -2.08. The maximum absolute atomic E-state index is 11.1. The van der Waals surface area contributed by atoms with E-state index >= 15 is 0 Å². The van der Waals surface area contributed by atoms with Crippen LogP contribution in [0.15, 0.2) is 35.0 Å². The summed E-state index contributed by atoms with van der Waals surface area (Å²) in [5.74, 6) is 0.677. The Labute approximate surface area is 105 Å². The maximum Gasteiger partial charge on any atom is 0.153 e. The van der Waals surface area contributed by atoms with Gasteiger partial charge in [-0.05, 0) is 42.3 Å². The highest BCUT2D eigenvalue weighted by Gasteiger charge is 2.12. The van der Waals surface area contributed by atoms with Gasteiger partial charge in [-0.15, -0.1) is 0 Å². The van der Waals surface area contributed by atoms with Crippen molar-refractivity contribution in [1.29, 1.82) is 0 Å². The van der Waals surface area contributed by atoms with E-state index in [1.54, 1.807) is 17.4 Å². The van der Waals surface area contributed by atoms with Crippen molar-refractivity contribution in [2.45, 2.75) is 20.0 Å². The van der Waals surface area contributed by atoms with Crippen molar-refractivity contribution in [1.82, 2.24) is 0 Å². The van der Waals surface area contributed by atoms with Gasteiger partial charge in [0.1, 0.15) is 5.75 Å². The number of benzene rings is 1. The third-order valence-corrected chi connectivity index (χ3v) is 3.04. The van der Waals surface area contributed by atoms with Crippen LogP contribution in [0.1, 0.15) is 24.2 Å². The van der Waals surface area contributed by atoms with Crippen LogP contribution in [0.25, 0.3) is 11.1 Å². The summed E-state index contributed by atoms with van der Waals surface area (Å²) in [6.07, 6.45) is 0.890. The minimum Gasteiger partial charge on any atom is -0.490 e. The Morgan fingerprint density at radius 3 is 2.71 bits per heavy atom. The van der Waals surface area contributed by atoms with Crippen LogP contribution in [0, 0.1) is 0 Å². The number of thiophene rings is 1. The maximum atomic E-state index is 11.1. The zero-order valence-electron chi connectivity index (χ0n) is 9.84. The van der Waals surface area contributed by atoms with Gasteiger partial charge in [-0.1, -0.05) is 12.1 Å². The first-order valence-electron chi connectivity index (χ1n) is 5.50. The van der Waals surface area contributed by atoms with Crippen molar-refractivity contribution >= 4 is 17.6 Å². The molecule has 0 unspecified atom stereocenters. The molecular weight excluding hydrogens is 232 g/mol. The summed E-state index contributed by atoms with van der Waals surface area (Å²) in [7, 11) is 0. The Kier molecular flexibility index (Phi) is 3.59. The molecular formula is C14H14O2S. The van der Waals surface area contributed by atoms with Gasteiger partial charge >= 0.3 is 0 Å². The molecule has 0 fully saturated rings. The first-order chi connectivity index (χ1) is 8.22. The van der Waals surface area contributed by atoms with Crippen molar-refractivity contribution in [3.8, 4) is 16.9 Å². The summed E-state index contributed by atoms with van der Waals surface area (Å²) in [5.41, 5.74) is 2.67. The van der Waals surface area contributed by atoms with Gasteiger partial charge in [-0.2, -0.15) is 11.3 Å². The largest absolute Gasteiger partial charge is 0.490 e. The van der Waals surface area contributed by atoms with E-state index in [0.29, 0.717) is 11.3 Å². The minimum atomic E-state index is 0.0495. The molecule has 2 aromatic rings. The number of carbonyl (C=O) groups excluding carboxylic acids is 1. The van der Waals surface area contributed by atoms with E-state index in [-0.39, 0.29) is 6.10 Å². The van der Waals surface area contributed by atoms with Gasteiger partial charge in [0.05, 0.1) is 11.7 Å². The average molecular weight is 246 g/mol. The highest BCUT2D eigenvalue weighted by molar-refractivity contribution is 7.08. The van der Waals surface area contributed by atoms with Gasteiger partial charge < -0.3 is 4.74 Å². The molecule has 1 heterocycles. The van der Waals surface area contributed by atoms with Crippen LogP contribution >= 0.6 is 11.3 Å². The van der Waals surface area contributed by atoms with Crippen LogP contribution in [0.4, 0.5) is 0 Å². The van der Waals surface area contributed by atoms with E-state index in [1.807, 2.05) is 37.4 Å². The minimum absolute atomic E-state index is 0.0495. The molecule has 0 radical (unpaired) electrons. The van der Waals surface area contributed by atoms with E-state index in [1.165, 1.54) is 0 Å². The quantitative estimate of drug-likeness (QED) is 0.762. The molecule has 0 aliphatic rings. The molecule has 88 valence electrons. The highest BCUT2D eigenvalue weighted by atomic mass is 32.1. The molecule has 0 aliphatic heterocycles. The molecule has 2 rings (SSSR count).